The van der Waals surface area contributed by atoms with Gasteiger partial charge in [0.2, 0.25) is 0 Å². The number of hydrogen-bond acceptors (Lipinski definition) is 3. The molecule has 1 saturated carbocycles. The molecule has 0 aromatic carbocycles. The molecule has 1 aliphatic rings. The van der Waals surface area contributed by atoms with Crippen LogP contribution in [0.15, 0.2) is 30.9 Å². The molecule has 3 rings (SSSR count). The highest BCUT2D eigenvalue weighted by Gasteiger charge is 2.45. The Labute approximate surface area is 113 Å². The molecule has 0 aliphatic heterocycles. The van der Waals surface area contributed by atoms with Gasteiger partial charge in [0.15, 0.2) is 0 Å². The second-order valence-electron chi connectivity index (χ2n) is 5.86. The molecule has 1 fully saturated rings. The molecule has 0 radical (unpaired) electrons. The van der Waals surface area contributed by atoms with E-state index in [9.17, 15) is 0 Å². The van der Waals surface area contributed by atoms with Crippen molar-refractivity contribution in [2.45, 2.75) is 33.2 Å². The molecule has 0 spiro atoms. The highest BCUT2D eigenvalue weighted by atomic mass is 15.1. The van der Waals surface area contributed by atoms with Gasteiger partial charge in [-0.2, -0.15) is 0 Å². The van der Waals surface area contributed by atoms with Crippen LogP contribution >= 0.6 is 0 Å². The summed E-state index contributed by atoms with van der Waals surface area (Å²) in [4.78, 5) is 8.45. The number of nitrogens with zero attached hydrogens (tertiary/aromatic N) is 3. The van der Waals surface area contributed by atoms with Gasteiger partial charge in [-0.1, -0.05) is 13.8 Å². The Morgan fingerprint density at radius 2 is 2.21 bits per heavy atom. The third kappa shape index (κ3) is 2.11. The van der Waals surface area contributed by atoms with Crippen LogP contribution in [0.2, 0.25) is 0 Å². The average Bonchev–Trinajstić information content (AvgIpc) is 3.03. The summed E-state index contributed by atoms with van der Waals surface area (Å²) in [6, 6.07) is 3.92. The van der Waals surface area contributed by atoms with Crippen molar-refractivity contribution in [1.82, 2.24) is 14.5 Å². The lowest BCUT2D eigenvalue weighted by molar-refractivity contribution is 0.310. The molecule has 0 atom stereocenters. The maximum Gasteiger partial charge on any atom is 0.132 e. The maximum atomic E-state index is 5.97. The van der Waals surface area contributed by atoms with Gasteiger partial charge in [-0.3, -0.25) is 0 Å². The van der Waals surface area contributed by atoms with E-state index in [-0.39, 0.29) is 0 Å². The van der Waals surface area contributed by atoms with E-state index in [4.69, 9.17) is 5.73 Å². The molecule has 4 nitrogen and oxygen atoms in total. The van der Waals surface area contributed by atoms with Crippen molar-refractivity contribution >= 4 is 5.82 Å². The third-order valence-electron chi connectivity index (χ3n) is 4.43. The molecule has 0 saturated heterocycles. The summed E-state index contributed by atoms with van der Waals surface area (Å²) in [5.74, 6) is 1.27. The topological polar surface area (TPSA) is 56.7 Å². The monoisotopic (exact) mass is 256 g/mol. The van der Waals surface area contributed by atoms with E-state index in [0.717, 1.165) is 17.8 Å². The summed E-state index contributed by atoms with van der Waals surface area (Å²) in [5, 5.41) is 0. The first-order valence-electron chi connectivity index (χ1n) is 6.83. The summed E-state index contributed by atoms with van der Waals surface area (Å²) in [6.45, 7) is 5.64. The number of pyridine rings is 1. The fourth-order valence-electron chi connectivity index (χ4n) is 2.72. The Hall–Kier alpha value is -1.84. The molecule has 0 bridgehead atoms. The van der Waals surface area contributed by atoms with Gasteiger partial charge in [-0.25, -0.2) is 9.97 Å². The van der Waals surface area contributed by atoms with Crippen molar-refractivity contribution in [3.63, 3.8) is 0 Å². The minimum atomic E-state index is 0.451. The summed E-state index contributed by atoms with van der Waals surface area (Å²) in [7, 11) is 0. The first kappa shape index (κ1) is 12.2. The van der Waals surface area contributed by atoms with Gasteiger partial charge < -0.3 is 10.3 Å². The number of hydrogen-bond donors (Lipinski definition) is 1. The first-order chi connectivity index (χ1) is 9.12. The van der Waals surface area contributed by atoms with Gasteiger partial charge in [0.25, 0.3) is 0 Å². The standard InChI is InChI=1S/C15H20N4/c1-11(2)15(5-6-15)9-19-10-17-8-13(19)12-4-3-7-18-14(12)16/h3-4,7-8,10-11H,5-6,9H2,1-2H3,(H2,16,18). The zero-order valence-electron chi connectivity index (χ0n) is 11.5. The molecule has 4 heteroatoms. The summed E-state index contributed by atoms with van der Waals surface area (Å²) in [5.41, 5.74) is 8.46. The van der Waals surface area contributed by atoms with Crippen molar-refractivity contribution < 1.29 is 0 Å². The Balaban J connectivity index is 1.94. The zero-order chi connectivity index (χ0) is 13.5. The largest absolute Gasteiger partial charge is 0.383 e. The quantitative estimate of drug-likeness (QED) is 0.915. The molecule has 0 amide bonds. The Bertz CT molecular complexity index is 581. The number of nitrogen functional groups attached to an aromatic ring is 1. The van der Waals surface area contributed by atoms with Crippen molar-refractivity contribution in [3.8, 4) is 11.3 Å². The van der Waals surface area contributed by atoms with E-state index >= 15 is 0 Å². The van der Waals surface area contributed by atoms with E-state index in [0.29, 0.717) is 17.2 Å². The van der Waals surface area contributed by atoms with Crippen LogP contribution in [-0.4, -0.2) is 14.5 Å². The van der Waals surface area contributed by atoms with Gasteiger partial charge in [-0.15, -0.1) is 0 Å². The molecule has 0 unspecified atom stereocenters. The van der Waals surface area contributed by atoms with Gasteiger partial charge in [0, 0.05) is 18.3 Å². The predicted octanol–water partition coefficient (Wildman–Crippen LogP) is 2.96. The molecule has 1 aliphatic carbocycles. The number of nitrogens with two attached hydrogens (primary N) is 1. The lowest BCUT2D eigenvalue weighted by Gasteiger charge is -2.21. The van der Waals surface area contributed by atoms with Crippen LogP contribution < -0.4 is 5.73 Å². The fraction of sp³-hybridized carbons (Fsp3) is 0.467. The van der Waals surface area contributed by atoms with Crippen molar-refractivity contribution in [3.05, 3.63) is 30.9 Å². The van der Waals surface area contributed by atoms with Crippen LogP contribution in [0.3, 0.4) is 0 Å². The number of imidazole rings is 1. The Morgan fingerprint density at radius 3 is 2.84 bits per heavy atom. The predicted molar refractivity (Wildman–Crippen MR) is 76.4 cm³/mol. The summed E-state index contributed by atoms with van der Waals surface area (Å²) >= 11 is 0. The molecule has 19 heavy (non-hydrogen) atoms. The summed E-state index contributed by atoms with van der Waals surface area (Å²) < 4.78 is 2.22. The van der Waals surface area contributed by atoms with E-state index < -0.39 is 0 Å². The van der Waals surface area contributed by atoms with Crippen molar-refractivity contribution in [2.24, 2.45) is 11.3 Å². The van der Waals surface area contributed by atoms with Crippen LogP contribution in [0.1, 0.15) is 26.7 Å². The lowest BCUT2D eigenvalue weighted by Crippen LogP contribution is -2.18. The fourth-order valence-corrected chi connectivity index (χ4v) is 2.72. The van der Waals surface area contributed by atoms with Crippen LogP contribution in [-0.2, 0) is 6.54 Å². The second-order valence-corrected chi connectivity index (χ2v) is 5.86. The van der Waals surface area contributed by atoms with Crippen LogP contribution in [0.25, 0.3) is 11.3 Å². The van der Waals surface area contributed by atoms with Crippen LogP contribution in [0, 0.1) is 11.3 Å². The van der Waals surface area contributed by atoms with Crippen LogP contribution in [0.4, 0.5) is 5.82 Å². The van der Waals surface area contributed by atoms with E-state index in [1.807, 2.05) is 24.7 Å². The van der Waals surface area contributed by atoms with Crippen LogP contribution in [0.5, 0.6) is 0 Å². The van der Waals surface area contributed by atoms with Crippen molar-refractivity contribution in [2.75, 3.05) is 5.73 Å². The Morgan fingerprint density at radius 1 is 1.42 bits per heavy atom. The molecule has 2 N–H and O–H groups in total. The third-order valence-corrected chi connectivity index (χ3v) is 4.43. The molecule has 2 aromatic rings. The first-order valence-corrected chi connectivity index (χ1v) is 6.83. The van der Waals surface area contributed by atoms with Crippen molar-refractivity contribution in [1.29, 1.82) is 0 Å². The molecular formula is C15H20N4. The second kappa shape index (κ2) is 4.37. The van der Waals surface area contributed by atoms with Gasteiger partial charge in [-0.05, 0) is 36.3 Å². The van der Waals surface area contributed by atoms with E-state index in [1.165, 1.54) is 12.8 Å². The number of anilines is 1. The zero-order valence-corrected chi connectivity index (χ0v) is 11.5. The molecular weight excluding hydrogens is 236 g/mol. The van der Waals surface area contributed by atoms with Gasteiger partial charge >= 0.3 is 0 Å². The van der Waals surface area contributed by atoms with E-state index in [2.05, 4.69) is 28.4 Å². The normalized spacial score (nSPS) is 16.8. The lowest BCUT2D eigenvalue weighted by atomic mass is 9.92. The SMILES string of the molecule is CC(C)C1(Cn2cncc2-c2cccnc2N)CC1. The summed E-state index contributed by atoms with van der Waals surface area (Å²) in [6.07, 6.45) is 8.12. The minimum Gasteiger partial charge on any atom is -0.383 e. The minimum absolute atomic E-state index is 0.451. The number of aromatic nitrogens is 3. The number of rotatable bonds is 4. The maximum absolute atomic E-state index is 5.97. The average molecular weight is 256 g/mol. The highest BCUT2D eigenvalue weighted by Crippen LogP contribution is 2.53. The highest BCUT2D eigenvalue weighted by molar-refractivity contribution is 5.70. The van der Waals surface area contributed by atoms with E-state index in [1.54, 1.807) is 6.20 Å². The Kier molecular flexibility index (Phi) is 2.81. The molecule has 2 aromatic heterocycles. The van der Waals surface area contributed by atoms with Gasteiger partial charge in [0.05, 0.1) is 18.2 Å². The molecule has 2 heterocycles. The molecule has 100 valence electrons. The van der Waals surface area contributed by atoms with Gasteiger partial charge in [0.1, 0.15) is 5.82 Å². The smallest absolute Gasteiger partial charge is 0.132 e.